The van der Waals surface area contributed by atoms with Crippen molar-refractivity contribution < 1.29 is 14.4 Å². The highest BCUT2D eigenvalue weighted by Crippen LogP contribution is 2.25. The Morgan fingerprint density at radius 3 is 2.47 bits per heavy atom. The van der Waals surface area contributed by atoms with Crippen molar-refractivity contribution in [1.29, 1.82) is 0 Å². The lowest BCUT2D eigenvalue weighted by Crippen LogP contribution is -2.59. The van der Waals surface area contributed by atoms with Crippen molar-refractivity contribution >= 4 is 28.6 Å². The van der Waals surface area contributed by atoms with Crippen LogP contribution in [0, 0.1) is 0 Å². The highest BCUT2D eigenvalue weighted by molar-refractivity contribution is 5.93. The molecule has 2 saturated heterocycles. The molecule has 7 nitrogen and oxygen atoms in total. The lowest BCUT2D eigenvalue weighted by Gasteiger charge is -2.39. The number of rotatable bonds is 4. The SMILES string of the molecule is O=C1CN2C(=O)CN(C(=O)NCc3ccccc3)C2CN1Cc1cccc2ccccc12. The molecular weight excluding hydrogens is 404 g/mol. The van der Waals surface area contributed by atoms with E-state index in [0.717, 1.165) is 21.9 Å². The molecule has 1 atom stereocenters. The number of carbonyl (C=O) groups is 3. The Bertz CT molecular complexity index is 1170. The lowest BCUT2D eigenvalue weighted by molar-refractivity contribution is -0.146. The van der Waals surface area contributed by atoms with Crippen molar-refractivity contribution in [3.8, 4) is 0 Å². The van der Waals surface area contributed by atoms with Gasteiger partial charge in [-0.1, -0.05) is 72.8 Å². The summed E-state index contributed by atoms with van der Waals surface area (Å²) >= 11 is 0. The van der Waals surface area contributed by atoms with Gasteiger partial charge in [-0.2, -0.15) is 0 Å². The molecule has 0 aromatic heterocycles. The molecule has 0 bridgehead atoms. The van der Waals surface area contributed by atoms with Gasteiger partial charge in [0, 0.05) is 13.1 Å². The largest absolute Gasteiger partial charge is 0.334 e. The zero-order chi connectivity index (χ0) is 22.1. The van der Waals surface area contributed by atoms with Gasteiger partial charge in [0.15, 0.2) is 0 Å². The molecule has 0 saturated carbocycles. The van der Waals surface area contributed by atoms with E-state index in [-0.39, 0.29) is 30.9 Å². The van der Waals surface area contributed by atoms with Crippen molar-refractivity contribution in [3.63, 3.8) is 0 Å². The molecular formula is C25H24N4O3. The van der Waals surface area contributed by atoms with E-state index in [4.69, 9.17) is 0 Å². The van der Waals surface area contributed by atoms with Crippen molar-refractivity contribution in [2.75, 3.05) is 19.6 Å². The van der Waals surface area contributed by atoms with Crippen LogP contribution >= 0.6 is 0 Å². The topological polar surface area (TPSA) is 73.0 Å². The van der Waals surface area contributed by atoms with Crippen LogP contribution in [0.15, 0.2) is 72.8 Å². The fourth-order valence-electron chi connectivity index (χ4n) is 4.48. The molecule has 162 valence electrons. The van der Waals surface area contributed by atoms with E-state index in [1.54, 1.807) is 4.90 Å². The second-order valence-electron chi connectivity index (χ2n) is 8.19. The van der Waals surface area contributed by atoms with Gasteiger partial charge in [-0.25, -0.2) is 4.79 Å². The lowest BCUT2D eigenvalue weighted by atomic mass is 10.0. The maximum Gasteiger partial charge on any atom is 0.319 e. The summed E-state index contributed by atoms with van der Waals surface area (Å²) < 4.78 is 0. The molecule has 2 aliphatic rings. The minimum absolute atomic E-state index is 0.00324. The van der Waals surface area contributed by atoms with Crippen LogP contribution in [0.2, 0.25) is 0 Å². The Hall–Kier alpha value is -3.87. The first kappa shape index (κ1) is 20.1. The monoisotopic (exact) mass is 428 g/mol. The van der Waals surface area contributed by atoms with Crippen LogP contribution in [-0.2, 0) is 22.7 Å². The van der Waals surface area contributed by atoms with Crippen LogP contribution in [0.4, 0.5) is 4.79 Å². The molecule has 0 aliphatic carbocycles. The third-order valence-electron chi connectivity index (χ3n) is 6.18. The number of nitrogens with zero attached hydrogens (tertiary/aromatic N) is 3. The fraction of sp³-hybridized carbons (Fsp3) is 0.240. The van der Waals surface area contributed by atoms with Crippen molar-refractivity contribution in [2.45, 2.75) is 19.3 Å². The van der Waals surface area contributed by atoms with E-state index in [1.807, 2.05) is 72.8 Å². The maximum atomic E-state index is 12.9. The van der Waals surface area contributed by atoms with Gasteiger partial charge in [-0.05, 0) is 21.9 Å². The van der Waals surface area contributed by atoms with Crippen molar-refractivity contribution in [3.05, 3.63) is 83.9 Å². The number of hydrogen-bond acceptors (Lipinski definition) is 3. The van der Waals surface area contributed by atoms with Gasteiger partial charge < -0.3 is 15.1 Å². The Balaban J connectivity index is 1.32. The van der Waals surface area contributed by atoms with Gasteiger partial charge in [0.25, 0.3) is 0 Å². The first-order valence-corrected chi connectivity index (χ1v) is 10.7. The molecule has 3 aromatic carbocycles. The van der Waals surface area contributed by atoms with E-state index in [0.29, 0.717) is 19.6 Å². The number of benzene rings is 3. The van der Waals surface area contributed by atoms with Crippen molar-refractivity contribution in [2.24, 2.45) is 0 Å². The summed E-state index contributed by atoms with van der Waals surface area (Å²) in [5.74, 6) is -0.294. The quantitative estimate of drug-likeness (QED) is 0.694. The first-order chi connectivity index (χ1) is 15.6. The van der Waals surface area contributed by atoms with Crippen LogP contribution < -0.4 is 5.32 Å². The normalized spacial score (nSPS) is 18.2. The predicted octanol–water partition coefficient (Wildman–Crippen LogP) is 2.56. The third kappa shape index (κ3) is 3.77. The van der Waals surface area contributed by atoms with Gasteiger partial charge in [-0.3, -0.25) is 14.5 Å². The maximum absolute atomic E-state index is 12.9. The van der Waals surface area contributed by atoms with Gasteiger partial charge in [0.05, 0.1) is 6.54 Å². The van der Waals surface area contributed by atoms with Crippen molar-refractivity contribution in [1.82, 2.24) is 20.0 Å². The van der Waals surface area contributed by atoms with Gasteiger partial charge in [-0.15, -0.1) is 0 Å². The number of carbonyl (C=O) groups excluding carboxylic acids is 3. The molecule has 32 heavy (non-hydrogen) atoms. The van der Waals surface area contributed by atoms with Crippen LogP contribution in [0.5, 0.6) is 0 Å². The minimum Gasteiger partial charge on any atom is -0.334 e. The van der Waals surface area contributed by atoms with Crippen LogP contribution in [0.25, 0.3) is 10.8 Å². The molecule has 4 amide bonds. The van der Waals surface area contributed by atoms with Gasteiger partial charge in [0.1, 0.15) is 19.3 Å². The van der Waals surface area contributed by atoms with Gasteiger partial charge >= 0.3 is 6.03 Å². The Kier molecular flexibility index (Phi) is 5.23. The van der Waals surface area contributed by atoms with E-state index in [2.05, 4.69) is 5.32 Å². The number of urea groups is 1. The molecule has 2 heterocycles. The predicted molar refractivity (Wildman–Crippen MR) is 120 cm³/mol. The Morgan fingerprint density at radius 2 is 1.62 bits per heavy atom. The highest BCUT2D eigenvalue weighted by Gasteiger charge is 2.46. The number of fused-ring (bicyclic) bond motifs is 2. The van der Waals surface area contributed by atoms with Crippen LogP contribution in [0.1, 0.15) is 11.1 Å². The fourth-order valence-corrected chi connectivity index (χ4v) is 4.48. The van der Waals surface area contributed by atoms with Gasteiger partial charge in [0.2, 0.25) is 11.8 Å². The van der Waals surface area contributed by atoms with E-state index < -0.39 is 6.17 Å². The minimum atomic E-state index is -0.453. The number of piperazine rings is 1. The smallest absolute Gasteiger partial charge is 0.319 e. The molecule has 5 rings (SSSR count). The summed E-state index contributed by atoms with van der Waals surface area (Å²) in [5, 5.41) is 5.12. The molecule has 7 heteroatoms. The molecule has 0 radical (unpaired) electrons. The second-order valence-corrected chi connectivity index (χ2v) is 8.19. The first-order valence-electron chi connectivity index (χ1n) is 10.7. The second kappa shape index (κ2) is 8.34. The summed E-state index contributed by atoms with van der Waals surface area (Å²) in [7, 11) is 0. The average Bonchev–Trinajstić information content (AvgIpc) is 3.14. The number of amides is 4. The highest BCUT2D eigenvalue weighted by atomic mass is 16.2. The summed E-state index contributed by atoms with van der Waals surface area (Å²) in [6.45, 7) is 1.11. The third-order valence-corrected chi connectivity index (χ3v) is 6.18. The molecule has 0 spiro atoms. The van der Waals surface area contributed by atoms with Crippen LogP contribution in [-0.4, -0.2) is 58.3 Å². The van der Waals surface area contributed by atoms with E-state index >= 15 is 0 Å². The molecule has 3 aromatic rings. The molecule has 2 fully saturated rings. The number of hydrogen-bond donors (Lipinski definition) is 1. The van der Waals surface area contributed by atoms with E-state index in [1.165, 1.54) is 9.80 Å². The summed E-state index contributed by atoms with van der Waals surface area (Å²) in [4.78, 5) is 43.0. The number of nitrogens with one attached hydrogen (secondary N) is 1. The standard InChI is InChI=1S/C25H24N4O3/c30-23-16-28-22(15-27(23)14-20-11-6-10-19-9-4-5-12-21(19)20)29(17-24(28)31)25(32)26-13-18-7-2-1-3-8-18/h1-12,22H,13-17H2,(H,26,32). The molecule has 2 aliphatic heterocycles. The average molecular weight is 428 g/mol. The molecule has 1 N–H and O–H groups in total. The summed E-state index contributed by atoms with van der Waals surface area (Å²) in [6.07, 6.45) is -0.453. The summed E-state index contributed by atoms with van der Waals surface area (Å²) in [6, 6.07) is 23.5. The van der Waals surface area contributed by atoms with E-state index in [9.17, 15) is 14.4 Å². The Labute approximate surface area is 186 Å². The zero-order valence-corrected chi connectivity index (χ0v) is 17.6. The Morgan fingerprint density at radius 1 is 0.875 bits per heavy atom. The van der Waals surface area contributed by atoms with Crippen LogP contribution in [0.3, 0.4) is 0 Å². The zero-order valence-electron chi connectivity index (χ0n) is 17.6. The summed E-state index contributed by atoms with van der Waals surface area (Å²) in [5.41, 5.74) is 2.04. The molecule has 1 unspecified atom stereocenters.